The maximum atomic E-state index is 13.2. The Bertz CT molecular complexity index is 1040. The van der Waals surface area contributed by atoms with Gasteiger partial charge >= 0.3 is 0 Å². The highest BCUT2D eigenvalue weighted by molar-refractivity contribution is 7.89. The molecule has 0 bridgehead atoms. The minimum atomic E-state index is -3.88. The van der Waals surface area contributed by atoms with Crippen LogP contribution in [0.1, 0.15) is 31.5 Å². The van der Waals surface area contributed by atoms with Crippen LogP contribution in [0.2, 0.25) is 5.02 Å². The molecule has 180 valence electrons. The number of benzene rings is 1. The summed E-state index contributed by atoms with van der Waals surface area (Å²) in [6.07, 6.45) is 5.52. The standard InChI is InChI=1S/C21H26ClFN4O5S/c22-18-14-16(23)5-6-19(18)32-17-7-12-26(13-8-17)33(30,31)15-21(28)27(29)11-2-1-4-20-24-9-3-10-25-20/h3,5-6,9-10,14,17,29H,1-2,4,7-8,11-13,15H2. The van der Waals surface area contributed by atoms with Crippen molar-refractivity contribution >= 4 is 27.5 Å². The quantitative estimate of drug-likeness (QED) is 0.303. The molecule has 12 heteroatoms. The smallest absolute Gasteiger partial charge is 0.262 e. The molecular weight excluding hydrogens is 475 g/mol. The Balaban J connectivity index is 1.41. The van der Waals surface area contributed by atoms with Crippen molar-refractivity contribution in [3.05, 3.63) is 53.3 Å². The maximum absolute atomic E-state index is 13.2. The van der Waals surface area contributed by atoms with Gasteiger partial charge in [-0.25, -0.2) is 32.1 Å². The van der Waals surface area contributed by atoms with Crippen LogP contribution in [0, 0.1) is 5.82 Å². The summed E-state index contributed by atoms with van der Waals surface area (Å²) in [6, 6.07) is 5.54. The van der Waals surface area contributed by atoms with Crippen LogP contribution in [0.5, 0.6) is 5.75 Å². The van der Waals surface area contributed by atoms with E-state index in [0.717, 1.165) is 6.07 Å². The third-order valence-corrected chi connectivity index (χ3v) is 7.27. The predicted molar refractivity (Wildman–Crippen MR) is 119 cm³/mol. The molecule has 1 saturated heterocycles. The number of carbonyl (C=O) groups excluding carboxylic acids is 1. The summed E-state index contributed by atoms with van der Waals surface area (Å²) >= 11 is 5.97. The second kappa shape index (κ2) is 11.7. The van der Waals surface area contributed by atoms with Crippen molar-refractivity contribution < 1.29 is 27.5 Å². The van der Waals surface area contributed by atoms with Crippen LogP contribution in [0.15, 0.2) is 36.7 Å². The van der Waals surface area contributed by atoms with E-state index < -0.39 is 27.5 Å². The van der Waals surface area contributed by atoms with Crippen molar-refractivity contribution in [2.45, 2.75) is 38.2 Å². The zero-order valence-electron chi connectivity index (χ0n) is 17.9. The first kappa shape index (κ1) is 25.3. The lowest BCUT2D eigenvalue weighted by Gasteiger charge is -2.31. The highest BCUT2D eigenvalue weighted by Crippen LogP contribution is 2.28. The van der Waals surface area contributed by atoms with Crippen molar-refractivity contribution in [1.82, 2.24) is 19.3 Å². The van der Waals surface area contributed by atoms with Crippen LogP contribution in [-0.4, -0.2) is 70.4 Å². The number of ether oxygens (including phenoxy) is 1. The van der Waals surface area contributed by atoms with Gasteiger partial charge < -0.3 is 4.74 Å². The highest BCUT2D eigenvalue weighted by Gasteiger charge is 2.32. The summed E-state index contributed by atoms with van der Waals surface area (Å²) in [5, 5.41) is 10.5. The summed E-state index contributed by atoms with van der Waals surface area (Å²) in [7, 11) is -3.88. The summed E-state index contributed by atoms with van der Waals surface area (Å²) in [4.78, 5) is 20.4. The molecule has 33 heavy (non-hydrogen) atoms. The molecule has 1 aliphatic rings. The molecule has 0 radical (unpaired) electrons. The molecule has 2 heterocycles. The molecule has 1 aromatic heterocycles. The number of carbonyl (C=O) groups is 1. The number of nitrogens with zero attached hydrogens (tertiary/aromatic N) is 4. The van der Waals surface area contributed by atoms with Gasteiger partial charge in [-0.05, 0) is 49.9 Å². The number of aryl methyl sites for hydroxylation is 1. The van der Waals surface area contributed by atoms with Gasteiger partial charge in [-0.3, -0.25) is 10.0 Å². The van der Waals surface area contributed by atoms with E-state index in [9.17, 15) is 22.8 Å². The van der Waals surface area contributed by atoms with Gasteiger partial charge in [0.05, 0.1) is 5.02 Å². The Morgan fingerprint density at radius 3 is 2.61 bits per heavy atom. The number of halogens is 2. The van der Waals surface area contributed by atoms with E-state index in [4.69, 9.17) is 16.3 Å². The first-order chi connectivity index (χ1) is 15.7. The molecular formula is C21H26ClFN4O5S. The number of sulfonamides is 1. The van der Waals surface area contributed by atoms with Crippen LogP contribution in [-0.2, 0) is 21.2 Å². The zero-order valence-corrected chi connectivity index (χ0v) is 19.5. The number of rotatable bonds is 10. The molecule has 1 N–H and O–H groups in total. The molecule has 1 aliphatic heterocycles. The third-order valence-electron chi connectivity index (χ3n) is 5.22. The lowest BCUT2D eigenvalue weighted by atomic mass is 10.1. The molecule has 2 aromatic rings. The third kappa shape index (κ3) is 7.60. The van der Waals surface area contributed by atoms with E-state index in [0.29, 0.717) is 48.7 Å². The van der Waals surface area contributed by atoms with Crippen molar-refractivity contribution in [3.8, 4) is 5.75 Å². The molecule has 3 rings (SSSR count). The fraction of sp³-hybridized carbons (Fsp3) is 0.476. The molecule has 0 unspecified atom stereocenters. The Hall–Kier alpha value is -2.34. The first-order valence-corrected chi connectivity index (χ1v) is 12.6. The molecule has 1 amide bonds. The van der Waals surface area contributed by atoms with Crippen LogP contribution < -0.4 is 4.74 Å². The highest BCUT2D eigenvalue weighted by atomic mass is 35.5. The van der Waals surface area contributed by atoms with Crippen molar-refractivity contribution in [1.29, 1.82) is 0 Å². The summed E-state index contributed by atoms with van der Waals surface area (Å²) in [5.41, 5.74) is 0. The molecule has 9 nitrogen and oxygen atoms in total. The molecule has 0 saturated carbocycles. The molecule has 0 spiro atoms. The summed E-state index contributed by atoms with van der Waals surface area (Å²) < 4.78 is 45.4. The molecule has 0 aliphatic carbocycles. The second-order valence-electron chi connectivity index (χ2n) is 7.69. The molecule has 1 fully saturated rings. The fourth-order valence-corrected chi connectivity index (χ4v) is 5.05. The minimum absolute atomic E-state index is 0.0233. The van der Waals surface area contributed by atoms with E-state index >= 15 is 0 Å². The van der Waals surface area contributed by atoms with Gasteiger partial charge in [-0.15, -0.1) is 0 Å². The summed E-state index contributed by atoms with van der Waals surface area (Å²) in [5.74, 6) is -1.14. The van der Waals surface area contributed by atoms with Gasteiger partial charge in [0.15, 0.2) is 0 Å². The number of hydrogen-bond acceptors (Lipinski definition) is 7. The second-order valence-corrected chi connectivity index (χ2v) is 10.1. The molecule has 1 aromatic carbocycles. The van der Waals surface area contributed by atoms with E-state index in [1.165, 1.54) is 16.4 Å². The van der Waals surface area contributed by atoms with Gasteiger partial charge in [0.2, 0.25) is 10.0 Å². The van der Waals surface area contributed by atoms with Crippen LogP contribution >= 0.6 is 11.6 Å². The van der Waals surface area contributed by atoms with Gasteiger partial charge in [0, 0.05) is 38.4 Å². The van der Waals surface area contributed by atoms with Gasteiger partial charge in [0.25, 0.3) is 5.91 Å². The first-order valence-electron chi connectivity index (χ1n) is 10.6. The minimum Gasteiger partial charge on any atom is -0.489 e. The normalized spacial score (nSPS) is 15.4. The van der Waals surface area contributed by atoms with Crippen LogP contribution in [0.4, 0.5) is 4.39 Å². The largest absolute Gasteiger partial charge is 0.489 e. The number of unbranched alkanes of at least 4 members (excludes halogenated alkanes) is 1. The Morgan fingerprint density at radius 1 is 1.24 bits per heavy atom. The SMILES string of the molecule is O=C(CS(=O)(=O)N1CCC(Oc2ccc(F)cc2Cl)CC1)N(O)CCCCc1ncccn1. The number of hydroxylamine groups is 2. The number of piperidine rings is 1. The number of amides is 1. The maximum Gasteiger partial charge on any atom is 0.262 e. The van der Waals surface area contributed by atoms with E-state index in [1.807, 2.05) is 0 Å². The van der Waals surface area contributed by atoms with Crippen molar-refractivity contribution in [2.24, 2.45) is 0 Å². The topological polar surface area (TPSA) is 113 Å². The fourth-order valence-electron chi connectivity index (χ4n) is 3.43. The van der Waals surface area contributed by atoms with Crippen LogP contribution in [0.25, 0.3) is 0 Å². The van der Waals surface area contributed by atoms with Gasteiger partial charge in [0.1, 0.15) is 29.2 Å². The van der Waals surface area contributed by atoms with Crippen LogP contribution in [0.3, 0.4) is 0 Å². The Labute approximate surface area is 197 Å². The Morgan fingerprint density at radius 2 is 1.94 bits per heavy atom. The zero-order chi connectivity index (χ0) is 23.8. The number of aromatic nitrogens is 2. The monoisotopic (exact) mass is 500 g/mol. The lowest BCUT2D eigenvalue weighted by molar-refractivity contribution is -0.162. The van der Waals surface area contributed by atoms with Gasteiger partial charge in [-0.2, -0.15) is 0 Å². The Kier molecular flexibility index (Phi) is 8.95. The van der Waals surface area contributed by atoms with Crippen molar-refractivity contribution in [3.63, 3.8) is 0 Å². The van der Waals surface area contributed by atoms with E-state index in [1.54, 1.807) is 18.5 Å². The summed E-state index contributed by atoms with van der Waals surface area (Å²) in [6.45, 7) is 0.360. The lowest BCUT2D eigenvalue weighted by Crippen LogP contribution is -2.45. The van der Waals surface area contributed by atoms with E-state index in [2.05, 4.69) is 9.97 Å². The average Bonchev–Trinajstić information content (AvgIpc) is 2.79. The predicted octanol–water partition coefficient (Wildman–Crippen LogP) is 2.68. The average molecular weight is 501 g/mol. The van der Waals surface area contributed by atoms with Gasteiger partial charge in [-0.1, -0.05) is 11.6 Å². The van der Waals surface area contributed by atoms with E-state index in [-0.39, 0.29) is 30.8 Å². The molecule has 0 atom stereocenters. The van der Waals surface area contributed by atoms with Crippen molar-refractivity contribution in [2.75, 3.05) is 25.4 Å². The number of hydrogen-bond donors (Lipinski definition) is 1.